The van der Waals surface area contributed by atoms with Crippen LogP contribution in [0.2, 0.25) is 0 Å². The van der Waals surface area contributed by atoms with Crippen LogP contribution in [0.5, 0.6) is 0 Å². The van der Waals surface area contributed by atoms with Gasteiger partial charge in [-0.2, -0.15) is 0 Å². The summed E-state index contributed by atoms with van der Waals surface area (Å²) in [6.45, 7) is 1.18. The summed E-state index contributed by atoms with van der Waals surface area (Å²) < 4.78 is 5.23. The van der Waals surface area contributed by atoms with Gasteiger partial charge in [-0.05, 0) is 38.4 Å². The molecule has 0 aliphatic heterocycles. The van der Waals surface area contributed by atoms with Gasteiger partial charge in [-0.1, -0.05) is 18.2 Å². The van der Waals surface area contributed by atoms with E-state index in [1.54, 1.807) is 36.4 Å². The molecule has 2 N–H and O–H groups in total. The van der Waals surface area contributed by atoms with Crippen LogP contribution >= 0.6 is 0 Å². The summed E-state index contributed by atoms with van der Waals surface area (Å²) in [6, 6.07) is 12.1. The molecule has 0 saturated heterocycles. The Hall–Kier alpha value is -2.86. The fourth-order valence-electron chi connectivity index (χ4n) is 1.95. The van der Waals surface area contributed by atoms with Crippen molar-refractivity contribution in [2.45, 2.75) is 0 Å². The van der Waals surface area contributed by atoms with Crippen LogP contribution in [0.4, 0.5) is 0 Å². The average Bonchev–Trinajstić information content (AvgIpc) is 3.07. The highest BCUT2D eigenvalue weighted by Gasteiger charge is 2.14. The molecule has 0 spiro atoms. The number of carbonyl (C=O) groups excluding carboxylic acids is 2. The minimum atomic E-state index is -0.363. The van der Waals surface area contributed by atoms with E-state index in [9.17, 15) is 9.59 Å². The quantitative estimate of drug-likeness (QED) is 0.760. The van der Waals surface area contributed by atoms with Gasteiger partial charge in [0.15, 0.2) is 0 Å². The number of hydrogen-bond donors (Lipinski definition) is 2. The predicted molar refractivity (Wildman–Crippen MR) is 92.2 cm³/mol. The number of hydrogen-bond acceptors (Lipinski definition) is 4. The summed E-state index contributed by atoms with van der Waals surface area (Å²) in [5, 5.41) is 5.42. The Morgan fingerprint density at radius 3 is 2.50 bits per heavy atom. The summed E-state index contributed by atoms with van der Waals surface area (Å²) in [4.78, 5) is 26.6. The summed E-state index contributed by atoms with van der Waals surface area (Å²) >= 11 is 0. The molecule has 0 atom stereocenters. The van der Waals surface area contributed by atoms with E-state index >= 15 is 0 Å². The standard InChI is InChI=1S/C18H21N3O3/c1-21(2)11-10-19-18(23)16(13-15-9-6-12-24-15)20-17(22)14-7-4-3-5-8-14/h3-9,12-13H,10-11H2,1-2H3,(H,19,23)(H,20,22)/b16-13-. The van der Waals surface area contributed by atoms with Crippen molar-refractivity contribution in [3.8, 4) is 0 Å². The lowest BCUT2D eigenvalue weighted by Gasteiger charge is -2.13. The van der Waals surface area contributed by atoms with E-state index in [1.807, 2.05) is 25.1 Å². The zero-order valence-electron chi connectivity index (χ0n) is 13.8. The molecule has 1 aromatic carbocycles. The van der Waals surface area contributed by atoms with Crippen molar-refractivity contribution >= 4 is 17.9 Å². The molecular formula is C18H21N3O3. The molecule has 126 valence electrons. The van der Waals surface area contributed by atoms with Crippen molar-refractivity contribution in [3.63, 3.8) is 0 Å². The van der Waals surface area contributed by atoms with Crippen molar-refractivity contribution in [3.05, 3.63) is 65.7 Å². The molecule has 2 aromatic rings. The van der Waals surface area contributed by atoms with Gasteiger partial charge in [-0.25, -0.2) is 0 Å². The average molecular weight is 327 g/mol. The van der Waals surface area contributed by atoms with Crippen molar-refractivity contribution in [1.29, 1.82) is 0 Å². The molecule has 6 nitrogen and oxygen atoms in total. The van der Waals surface area contributed by atoms with Crippen LogP contribution in [0, 0.1) is 0 Å². The Kier molecular flexibility index (Phi) is 6.33. The number of benzene rings is 1. The molecule has 0 saturated carbocycles. The highest BCUT2D eigenvalue weighted by Crippen LogP contribution is 2.07. The third-order valence-electron chi connectivity index (χ3n) is 3.20. The van der Waals surface area contributed by atoms with Crippen LogP contribution in [0.15, 0.2) is 58.8 Å². The molecule has 0 fully saturated rings. The summed E-state index contributed by atoms with van der Waals surface area (Å²) in [6.07, 6.45) is 3.01. The Balaban J connectivity index is 2.11. The molecule has 0 aliphatic carbocycles. The topological polar surface area (TPSA) is 74.6 Å². The summed E-state index contributed by atoms with van der Waals surface area (Å²) in [7, 11) is 3.84. The molecule has 2 amide bonds. The second-order valence-corrected chi connectivity index (χ2v) is 5.45. The number of furan rings is 1. The van der Waals surface area contributed by atoms with Gasteiger partial charge >= 0.3 is 0 Å². The minimum absolute atomic E-state index is 0.137. The van der Waals surface area contributed by atoms with Gasteiger partial charge in [0, 0.05) is 24.7 Å². The Morgan fingerprint density at radius 1 is 1.12 bits per heavy atom. The van der Waals surface area contributed by atoms with Crippen LogP contribution < -0.4 is 10.6 Å². The number of carbonyl (C=O) groups is 2. The second kappa shape index (κ2) is 8.69. The number of nitrogens with zero attached hydrogens (tertiary/aromatic N) is 1. The van der Waals surface area contributed by atoms with E-state index in [0.717, 1.165) is 0 Å². The van der Waals surface area contributed by atoms with Gasteiger partial charge in [0.05, 0.1) is 6.26 Å². The van der Waals surface area contributed by atoms with Crippen molar-refractivity contribution in [2.75, 3.05) is 27.2 Å². The molecular weight excluding hydrogens is 306 g/mol. The van der Waals surface area contributed by atoms with Crippen LogP contribution in [-0.4, -0.2) is 43.9 Å². The monoisotopic (exact) mass is 327 g/mol. The maximum Gasteiger partial charge on any atom is 0.267 e. The largest absolute Gasteiger partial charge is 0.465 e. The zero-order chi connectivity index (χ0) is 17.4. The van der Waals surface area contributed by atoms with Crippen LogP contribution in [0.1, 0.15) is 16.1 Å². The van der Waals surface area contributed by atoms with Crippen LogP contribution in [-0.2, 0) is 4.79 Å². The lowest BCUT2D eigenvalue weighted by Crippen LogP contribution is -2.37. The van der Waals surface area contributed by atoms with Gasteiger partial charge in [-0.3, -0.25) is 9.59 Å². The highest BCUT2D eigenvalue weighted by molar-refractivity contribution is 6.05. The molecule has 0 radical (unpaired) electrons. The minimum Gasteiger partial charge on any atom is -0.465 e. The molecule has 1 heterocycles. The number of nitrogens with one attached hydrogen (secondary N) is 2. The molecule has 0 unspecified atom stereocenters. The second-order valence-electron chi connectivity index (χ2n) is 5.45. The molecule has 1 aromatic heterocycles. The van der Waals surface area contributed by atoms with E-state index in [0.29, 0.717) is 24.4 Å². The molecule has 0 bridgehead atoms. The lowest BCUT2D eigenvalue weighted by atomic mass is 10.2. The highest BCUT2D eigenvalue weighted by atomic mass is 16.3. The molecule has 0 aliphatic rings. The van der Waals surface area contributed by atoms with Crippen molar-refractivity contribution in [1.82, 2.24) is 15.5 Å². The fraction of sp³-hybridized carbons (Fsp3) is 0.222. The van der Waals surface area contributed by atoms with E-state index < -0.39 is 0 Å². The van der Waals surface area contributed by atoms with E-state index in [1.165, 1.54) is 12.3 Å². The maximum atomic E-state index is 12.4. The van der Waals surface area contributed by atoms with Gasteiger partial charge < -0.3 is 20.0 Å². The number of rotatable bonds is 7. The third-order valence-corrected chi connectivity index (χ3v) is 3.20. The summed E-state index contributed by atoms with van der Waals surface area (Å²) in [5.74, 6) is -0.227. The van der Waals surface area contributed by atoms with Gasteiger partial charge in [0.25, 0.3) is 11.8 Å². The van der Waals surface area contributed by atoms with Crippen molar-refractivity contribution in [2.24, 2.45) is 0 Å². The first kappa shape index (κ1) is 17.5. The smallest absolute Gasteiger partial charge is 0.267 e. The third kappa shape index (κ3) is 5.40. The van der Waals surface area contributed by atoms with Crippen LogP contribution in [0.25, 0.3) is 6.08 Å². The lowest BCUT2D eigenvalue weighted by molar-refractivity contribution is -0.117. The molecule has 24 heavy (non-hydrogen) atoms. The Bertz CT molecular complexity index is 692. The van der Waals surface area contributed by atoms with Crippen LogP contribution in [0.3, 0.4) is 0 Å². The molecule has 6 heteroatoms. The van der Waals surface area contributed by atoms with Crippen molar-refractivity contribution < 1.29 is 14.0 Å². The fourth-order valence-corrected chi connectivity index (χ4v) is 1.95. The van der Waals surface area contributed by atoms with E-state index in [-0.39, 0.29) is 17.5 Å². The molecule has 2 rings (SSSR count). The Morgan fingerprint density at radius 2 is 1.88 bits per heavy atom. The summed E-state index contributed by atoms with van der Waals surface area (Å²) in [5.41, 5.74) is 0.612. The van der Waals surface area contributed by atoms with Gasteiger partial charge in [-0.15, -0.1) is 0 Å². The number of amides is 2. The number of likely N-dealkylation sites (N-methyl/N-ethyl adjacent to an activating group) is 1. The SMILES string of the molecule is CN(C)CCNC(=O)/C(=C/c1ccco1)NC(=O)c1ccccc1. The first-order valence-electron chi connectivity index (χ1n) is 7.61. The van der Waals surface area contributed by atoms with E-state index in [2.05, 4.69) is 10.6 Å². The van der Waals surface area contributed by atoms with E-state index in [4.69, 9.17) is 4.42 Å². The maximum absolute atomic E-state index is 12.4. The first-order valence-corrected chi connectivity index (χ1v) is 7.61. The van der Waals surface area contributed by atoms with Gasteiger partial charge in [0.2, 0.25) is 0 Å². The zero-order valence-corrected chi connectivity index (χ0v) is 13.8. The van der Waals surface area contributed by atoms with Gasteiger partial charge in [0.1, 0.15) is 11.5 Å². The predicted octanol–water partition coefficient (Wildman–Crippen LogP) is 1.73. The first-order chi connectivity index (χ1) is 11.6. The Labute approximate surface area is 141 Å². The normalized spacial score (nSPS) is 11.4.